The maximum absolute atomic E-state index is 15.3. The minimum atomic E-state index is -1.03. The Kier molecular flexibility index (Phi) is 13.3. The number of nitrogens with one attached hydrogen (secondary N) is 4. The number of fused-ring (bicyclic) bond motifs is 1. The number of likely N-dealkylation sites (N-methyl/N-ethyl adjacent to an activating group) is 1. The molecule has 5 fully saturated rings. The summed E-state index contributed by atoms with van der Waals surface area (Å²) in [4.78, 5) is 68.1. The van der Waals surface area contributed by atoms with Crippen LogP contribution in [0.5, 0.6) is 5.75 Å². The fourth-order valence-corrected chi connectivity index (χ4v) is 11.6. The molecule has 2 unspecified atom stereocenters. The lowest BCUT2D eigenvalue weighted by atomic mass is 9.62. The van der Waals surface area contributed by atoms with E-state index in [1.165, 1.54) is 6.07 Å². The molecule has 360 valence electrons. The molecule has 6 N–H and O–H groups in total. The Morgan fingerprint density at radius 3 is 2.42 bits per heavy atom. The number of piperidine rings is 2. The number of aromatic nitrogens is 2. The lowest BCUT2D eigenvalue weighted by Gasteiger charge is -2.57. The third-order valence-electron chi connectivity index (χ3n) is 15.6. The smallest absolute Gasteiger partial charge is 0.249 e. The van der Waals surface area contributed by atoms with Gasteiger partial charge in [-0.05, 0) is 107 Å². The van der Waals surface area contributed by atoms with Gasteiger partial charge in [0.05, 0.1) is 24.7 Å². The Labute approximate surface area is 391 Å². The molecule has 3 aromatic rings. The van der Waals surface area contributed by atoms with Gasteiger partial charge in [-0.3, -0.25) is 29.8 Å². The summed E-state index contributed by atoms with van der Waals surface area (Å²) in [5, 5.41) is 34.0. The van der Waals surface area contributed by atoms with Crippen molar-refractivity contribution in [2.75, 3.05) is 72.3 Å². The number of methoxy groups -OCH3 is 1. The van der Waals surface area contributed by atoms with E-state index >= 15 is 4.39 Å². The van der Waals surface area contributed by atoms with Crippen LogP contribution in [0.15, 0.2) is 42.6 Å². The van der Waals surface area contributed by atoms with E-state index in [2.05, 4.69) is 31.2 Å². The van der Waals surface area contributed by atoms with Gasteiger partial charge in [-0.15, -0.1) is 0 Å². The van der Waals surface area contributed by atoms with E-state index in [0.29, 0.717) is 98.3 Å². The SMILES string of the molecule is CC[C@@H]1C(=O)N(C)c2cnc(Nc3ccc(C(O)NC4(CCO)CCC5(CC4)CN(C(=O)C4CCN(c6ccc(NC7CCC(=O)NC7=O)cc6F)CC4)C5)cc3OC)nc2N1C1CCCC1. The molecule has 6 aliphatic rings. The van der Waals surface area contributed by atoms with E-state index in [9.17, 15) is 29.4 Å². The molecule has 5 heterocycles. The topological polar surface area (TPSA) is 205 Å². The van der Waals surface area contributed by atoms with Crippen molar-refractivity contribution < 1.29 is 38.5 Å². The second-order valence-electron chi connectivity index (χ2n) is 19.7. The minimum Gasteiger partial charge on any atom is -0.495 e. The largest absolute Gasteiger partial charge is 0.495 e. The third kappa shape index (κ3) is 9.36. The number of rotatable bonds is 14. The van der Waals surface area contributed by atoms with E-state index < -0.39 is 29.5 Å². The molecule has 67 heavy (non-hydrogen) atoms. The third-order valence-corrected chi connectivity index (χ3v) is 15.6. The van der Waals surface area contributed by atoms with E-state index in [4.69, 9.17) is 9.72 Å². The van der Waals surface area contributed by atoms with Crippen molar-refractivity contribution in [1.29, 1.82) is 0 Å². The number of benzene rings is 2. The van der Waals surface area contributed by atoms with Crippen LogP contribution in [-0.2, 0) is 19.2 Å². The number of hydrogen-bond acceptors (Lipinski definition) is 14. The molecule has 18 heteroatoms. The van der Waals surface area contributed by atoms with Crippen molar-refractivity contribution in [2.45, 2.75) is 127 Å². The van der Waals surface area contributed by atoms with Gasteiger partial charge in [-0.1, -0.05) is 25.8 Å². The molecule has 1 spiro atoms. The maximum Gasteiger partial charge on any atom is 0.249 e. The number of ether oxygens (including phenoxy) is 1. The number of amides is 4. The number of nitrogens with zero attached hydrogens (tertiary/aromatic N) is 6. The van der Waals surface area contributed by atoms with Gasteiger partial charge >= 0.3 is 0 Å². The zero-order valence-corrected chi connectivity index (χ0v) is 38.9. The molecule has 0 radical (unpaired) electrons. The van der Waals surface area contributed by atoms with Crippen molar-refractivity contribution >= 4 is 58.1 Å². The fraction of sp³-hybridized carbons (Fsp3) is 0.592. The van der Waals surface area contributed by atoms with E-state index in [0.717, 1.165) is 57.2 Å². The summed E-state index contributed by atoms with van der Waals surface area (Å²) in [5.41, 5.74) is 2.36. The monoisotopic (exact) mass is 925 g/mol. The molecule has 3 atom stereocenters. The Hall–Kier alpha value is -5.59. The van der Waals surface area contributed by atoms with Crippen molar-refractivity contribution in [3.63, 3.8) is 0 Å². The van der Waals surface area contributed by atoms with Crippen LogP contribution in [0.3, 0.4) is 0 Å². The minimum absolute atomic E-state index is 0.000509. The van der Waals surface area contributed by atoms with Crippen LogP contribution in [0.25, 0.3) is 0 Å². The summed E-state index contributed by atoms with van der Waals surface area (Å²) in [5.74, 6) is 0.584. The Morgan fingerprint density at radius 1 is 1.00 bits per heavy atom. The van der Waals surface area contributed by atoms with E-state index in [1.807, 2.05) is 28.9 Å². The molecule has 2 aromatic carbocycles. The number of aliphatic hydroxyl groups excluding tert-OH is 2. The van der Waals surface area contributed by atoms with Gasteiger partial charge in [0, 0.05) is 74.9 Å². The Bertz CT molecular complexity index is 2340. The van der Waals surface area contributed by atoms with Crippen LogP contribution >= 0.6 is 0 Å². The molecule has 9 rings (SSSR count). The first kappa shape index (κ1) is 46.5. The van der Waals surface area contributed by atoms with Crippen molar-refractivity contribution in [2.24, 2.45) is 11.3 Å². The molecule has 3 saturated heterocycles. The normalized spacial score (nSPS) is 23.5. The van der Waals surface area contributed by atoms with Gasteiger partial charge in [-0.25, -0.2) is 9.37 Å². The van der Waals surface area contributed by atoms with Crippen LogP contribution in [0.2, 0.25) is 0 Å². The zero-order valence-electron chi connectivity index (χ0n) is 38.9. The van der Waals surface area contributed by atoms with Crippen molar-refractivity contribution in [1.82, 2.24) is 25.5 Å². The Morgan fingerprint density at radius 2 is 1.75 bits per heavy atom. The van der Waals surface area contributed by atoms with Crippen molar-refractivity contribution in [3.8, 4) is 5.75 Å². The van der Waals surface area contributed by atoms with Gasteiger partial charge in [-0.2, -0.15) is 4.98 Å². The van der Waals surface area contributed by atoms with Gasteiger partial charge in [0.1, 0.15) is 35.6 Å². The number of likely N-dealkylation sites (tertiary alicyclic amines) is 1. The molecule has 4 aliphatic heterocycles. The fourth-order valence-electron chi connectivity index (χ4n) is 11.6. The molecular weight excluding hydrogens is 860 g/mol. The lowest BCUT2D eigenvalue weighted by molar-refractivity contribution is -0.152. The van der Waals surface area contributed by atoms with Crippen LogP contribution in [0.4, 0.5) is 38.9 Å². The second kappa shape index (κ2) is 19.2. The highest BCUT2D eigenvalue weighted by Gasteiger charge is 2.51. The summed E-state index contributed by atoms with van der Waals surface area (Å²) < 4.78 is 21.1. The number of imide groups is 1. The quantitative estimate of drug-likeness (QED) is 0.0920. The molecule has 2 aliphatic carbocycles. The average molecular weight is 925 g/mol. The van der Waals surface area contributed by atoms with Gasteiger partial charge in [0.25, 0.3) is 0 Å². The zero-order chi connectivity index (χ0) is 47.0. The van der Waals surface area contributed by atoms with Crippen molar-refractivity contribution in [3.05, 3.63) is 54.0 Å². The maximum atomic E-state index is 15.3. The molecule has 2 saturated carbocycles. The second-order valence-corrected chi connectivity index (χ2v) is 19.7. The molecule has 4 amide bonds. The number of carbonyl (C=O) groups is 4. The lowest BCUT2D eigenvalue weighted by Crippen LogP contribution is -2.64. The Balaban J connectivity index is 0.775. The molecular formula is C49H65FN10O7. The van der Waals surface area contributed by atoms with Crippen LogP contribution < -0.4 is 40.7 Å². The van der Waals surface area contributed by atoms with Gasteiger partial charge in [0.15, 0.2) is 5.82 Å². The highest BCUT2D eigenvalue weighted by atomic mass is 19.1. The van der Waals surface area contributed by atoms with Gasteiger partial charge < -0.3 is 45.2 Å². The first-order chi connectivity index (χ1) is 32.3. The summed E-state index contributed by atoms with van der Waals surface area (Å²) >= 11 is 0. The number of carbonyl (C=O) groups excluding carboxylic acids is 4. The van der Waals surface area contributed by atoms with E-state index in [-0.39, 0.29) is 54.2 Å². The highest BCUT2D eigenvalue weighted by molar-refractivity contribution is 6.04. The standard InChI is InChI=1S/C49H65FN10O7/c1-4-37-46(66)57(2)39-27-51-47(55-42(39)60(37)33-7-5-6-8-33)53-35-11-9-31(25-40(35)67-3)43(63)56-49(21-24-61)19-17-48(18-20-49)28-59(29-48)45(65)30-15-22-58(23-16-30)38-13-10-32(26-34(38)50)52-36-12-14-41(62)54-44(36)64/h9-11,13,25-27,30,33,36-37,43,52,56,61,63H,4-8,12,14-24,28-29H2,1-3H3,(H,51,53,55)(H,54,62,64)/t36?,37-,43?/m1/s1. The number of halogens is 1. The number of anilines is 6. The first-order valence-corrected chi connectivity index (χ1v) is 24.2. The summed E-state index contributed by atoms with van der Waals surface area (Å²) in [6.45, 7) is 4.49. The van der Waals surface area contributed by atoms with Crippen LogP contribution in [0, 0.1) is 17.2 Å². The molecule has 0 bridgehead atoms. The molecule has 1 aromatic heterocycles. The van der Waals surface area contributed by atoms with Crippen LogP contribution in [0.1, 0.15) is 109 Å². The highest BCUT2D eigenvalue weighted by Crippen LogP contribution is 2.49. The first-order valence-electron chi connectivity index (χ1n) is 24.2. The summed E-state index contributed by atoms with van der Waals surface area (Å²) in [7, 11) is 3.35. The van der Waals surface area contributed by atoms with Gasteiger partial charge in [0.2, 0.25) is 29.6 Å². The number of aliphatic hydroxyl groups is 2. The van der Waals surface area contributed by atoms with Crippen LogP contribution in [-0.4, -0.2) is 119 Å². The number of hydrogen-bond donors (Lipinski definition) is 6. The predicted molar refractivity (Wildman–Crippen MR) is 252 cm³/mol. The average Bonchev–Trinajstić information content (AvgIpc) is 3.85. The predicted octanol–water partition coefficient (Wildman–Crippen LogP) is 5.11. The summed E-state index contributed by atoms with van der Waals surface area (Å²) in [6.07, 6.45) is 11.2. The summed E-state index contributed by atoms with van der Waals surface area (Å²) in [6, 6.07) is 9.64. The van der Waals surface area contributed by atoms with E-state index in [1.54, 1.807) is 43.5 Å². The molecule has 17 nitrogen and oxygen atoms in total.